The number of nitrogens with zero attached hydrogens (tertiary/aromatic N) is 4. The van der Waals surface area contributed by atoms with Crippen LogP contribution in [0.1, 0.15) is 42.8 Å². The van der Waals surface area contributed by atoms with Crippen LogP contribution in [0.2, 0.25) is 5.02 Å². The maximum absolute atomic E-state index is 13.9. The molecule has 1 aromatic heterocycles. The Balaban J connectivity index is 1.73. The lowest BCUT2D eigenvalue weighted by Gasteiger charge is -2.30. The first-order valence-corrected chi connectivity index (χ1v) is 14.0. The van der Waals surface area contributed by atoms with Gasteiger partial charge >= 0.3 is 0 Å². The van der Waals surface area contributed by atoms with Crippen LogP contribution in [-0.4, -0.2) is 65.1 Å². The minimum absolute atomic E-state index is 0.120. The number of morpholine rings is 1. The topological polar surface area (TPSA) is 67.7 Å². The Morgan fingerprint density at radius 3 is 2.53 bits per heavy atom. The highest BCUT2D eigenvalue weighted by atomic mass is 35.5. The van der Waals surface area contributed by atoms with Gasteiger partial charge in [0, 0.05) is 29.1 Å². The summed E-state index contributed by atoms with van der Waals surface area (Å²) in [6.45, 7) is 8.00. The summed E-state index contributed by atoms with van der Waals surface area (Å²) in [7, 11) is 0. The van der Waals surface area contributed by atoms with Gasteiger partial charge in [-0.2, -0.15) is 5.10 Å². The summed E-state index contributed by atoms with van der Waals surface area (Å²) in [4.78, 5) is 30.4. The first-order chi connectivity index (χ1) is 18.1. The summed E-state index contributed by atoms with van der Waals surface area (Å²) in [5.41, 5.74) is 2.82. The molecule has 0 radical (unpaired) electrons. The van der Waals surface area contributed by atoms with E-state index in [1.807, 2.05) is 24.3 Å². The molecule has 3 heterocycles. The second-order valence-corrected chi connectivity index (χ2v) is 12.0. The fourth-order valence-electron chi connectivity index (χ4n) is 4.82. The van der Waals surface area contributed by atoms with Crippen molar-refractivity contribution in [2.75, 3.05) is 43.5 Å². The molecule has 2 aliphatic heterocycles. The third kappa shape index (κ3) is 5.32. The molecule has 0 N–H and O–H groups in total. The van der Waals surface area contributed by atoms with Gasteiger partial charge < -0.3 is 9.64 Å². The SMILES string of the molecule is CC(C)(C)c1nn(-c2ccc(F)cc2)c2c1[C@@H](c1cccc(Cl)c1)SCC(=O)N2CC(=O)N1CCOCC1. The molecule has 38 heavy (non-hydrogen) atoms. The van der Waals surface area contributed by atoms with Gasteiger partial charge in [0.15, 0.2) is 0 Å². The molecule has 10 heteroatoms. The van der Waals surface area contributed by atoms with Crippen LogP contribution in [0.5, 0.6) is 0 Å². The Morgan fingerprint density at radius 1 is 1.16 bits per heavy atom. The van der Waals surface area contributed by atoms with E-state index in [0.717, 1.165) is 16.8 Å². The van der Waals surface area contributed by atoms with Crippen molar-refractivity contribution in [2.45, 2.75) is 31.4 Å². The zero-order valence-electron chi connectivity index (χ0n) is 21.6. The number of amides is 2. The molecule has 0 spiro atoms. The van der Waals surface area contributed by atoms with E-state index in [2.05, 4.69) is 20.8 Å². The average molecular weight is 557 g/mol. The summed E-state index contributed by atoms with van der Waals surface area (Å²) in [6.07, 6.45) is 0. The molecule has 2 aliphatic rings. The van der Waals surface area contributed by atoms with Gasteiger partial charge in [-0.1, -0.05) is 44.5 Å². The maximum Gasteiger partial charge on any atom is 0.242 e. The molecule has 0 bridgehead atoms. The van der Waals surface area contributed by atoms with Gasteiger partial charge in [-0.05, 0) is 42.0 Å². The fraction of sp³-hybridized carbons (Fsp3) is 0.393. The van der Waals surface area contributed by atoms with E-state index in [0.29, 0.717) is 42.8 Å². The quantitative estimate of drug-likeness (QED) is 0.453. The Bertz CT molecular complexity index is 1350. The molecule has 2 aromatic carbocycles. The number of carbonyl (C=O) groups is 2. The predicted octanol–water partition coefficient (Wildman–Crippen LogP) is 4.99. The number of aromatic nitrogens is 2. The van der Waals surface area contributed by atoms with Crippen molar-refractivity contribution < 1.29 is 18.7 Å². The lowest BCUT2D eigenvalue weighted by Crippen LogP contribution is -2.48. The van der Waals surface area contributed by atoms with Crippen molar-refractivity contribution in [2.24, 2.45) is 0 Å². The second-order valence-electron chi connectivity index (χ2n) is 10.4. The standard InChI is InChI=1S/C28H30ClFN4O3S/c1-28(2,3)26-24-25(18-5-4-6-19(29)15-18)38-17-23(36)33(16-22(35)32-11-13-37-14-12-32)27(24)34(31-26)21-9-7-20(30)8-10-21/h4-10,15,25H,11-14,16-17H2,1-3H3/t25-/m1/s1. The summed E-state index contributed by atoms with van der Waals surface area (Å²) in [6, 6.07) is 13.6. The summed E-state index contributed by atoms with van der Waals surface area (Å²) in [5, 5.41) is 5.37. The molecule has 0 unspecified atom stereocenters. The van der Waals surface area contributed by atoms with Gasteiger partial charge in [-0.3, -0.25) is 14.5 Å². The highest BCUT2D eigenvalue weighted by Crippen LogP contribution is 2.48. The van der Waals surface area contributed by atoms with Crippen molar-refractivity contribution in [3.05, 3.63) is 76.2 Å². The van der Waals surface area contributed by atoms with E-state index in [1.165, 1.54) is 23.9 Å². The normalized spacial score (nSPS) is 18.3. The zero-order chi connectivity index (χ0) is 27.0. The Kier molecular flexibility index (Phi) is 7.53. The number of thioether (sulfide) groups is 1. The molecule has 5 rings (SSSR count). The van der Waals surface area contributed by atoms with Crippen molar-refractivity contribution >= 4 is 41.0 Å². The van der Waals surface area contributed by atoms with Crippen molar-refractivity contribution in [3.8, 4) is 5.69 Å². The lowest BCUT2D eigenvalue weighted by molar-refractivity contribution is -0.134. The molecule has 0 aliphatic carbocycles. The van der Waals surface area contributed by atoms with E-state index in [4.69, 9.17) is 21.4 Å². The van der Waals surface area contributed by atoms with Crippen LogP contribution < -0.4 is 4.90 Å². The van der Waals surface area contributed by atoms with Gasteiger partial charge in [0.1, 0.15) is 18.2 Å². The molecular formula is C28H30ClFN4O3S. The highest BCUT2D eigenvalue weighted by Gasteiger charge is 2.40. The van der Waals surface area contributed by atoms with Crippen LogP contribution in [0.25, 0.3) is 5.69 Å². The van der Waals surface area contributed by atoms with E-state index < -0.39 is 0 Å². The van der Waals surface area contributed by atoms with Gasteiger partial charge in [0.2, 0.25) is 11.8 Å². The summed E-state index contributed by atoms with van der Waals surface area (Å²) in [5.74, 6) is -0.00191. The fourth-order valence-corrected chi connectivity index (χ4v) is 6.20. The van der Waals surface area contributed by atoms with E-state index in [1.54, 1.807) is 26.6 Å². The molecule has 0 saturated carbocycles. The highest BCUT2D eigenvalue weighted by molar-refractivity contribution is 8.00. The Hall–Kier alpha value is -2.88. The smallest absolute Gasteiger partial charge is 0.242 e. The zero-order valence-corrected chi connectivity index (χ0v) is 23.2. The van der Waals surface area contributed by atoms with Gasteiger partial charge in [0.25, 0.3) is 0 Å². The minimum atomic E-state index is -0.389. The molecule has 1 atom stereocenters. The van der Waals surface area contributed by atoms with Crippen molar-refractivity contribution in [1.29, 1.82) is 0 Å². The molecule has 2 amide bonds. The summed E-state index contributed by atoms with van der Waals surface area (Å²) >= 11 is 7.88. The Labute approximate surface area is 230 Å². The molecule has 3 aromatic rings. The van der Waals surface area contributed by atoms with E-state index >= 15 is 0 Å². The number of anilines is 1. The number of carbonyl (C=O) groups excluding carboxylic acids is 2. The van der Waals surface area contributed by atoms with Gasteiger partial charge in [-0.15, -0.1) is 11.8 Å². The molecule has 7 nitrogen and oxygen atoms in total. The van der Waals surface area contributed by atoms with Crippen LogP contribution in [-0.2, 0) is 19.7 Å². The molecular weight excluding hydrogens is 527 g/mol. The molecule has 1 fully saturated rings. The number of halogens is 2. The van der Waals surface area contributed by atoms with E-state index in [-0.39, 0.29) is 40.6 Å². The average Bonchev–Trinajstić information content (AvgIpc) is 3.22. The van der Waals surface area contributed by atoms with E-state index in [9.17, 15) is 14.0 Å². The van der Waals surface area contributed by atoms with Gasteiger partial charge in [0.05, 0.1) is 35.6 Å². The van der Waals surface area contributed by atoms with Crippen molar-refractivity contribution in [1.82, 2.24) is 14.7 Å². The van der Waals surface area contributed by atoms with Crippen LogP contribution in [0.15, 0.2) is 48.5 Å². The summed E-state index contributed by atoms with van der Waals surface area (Å²) < 4.78 is 21.0. The van der Waals surface area contributed by atoms with Crippen LogP contribution in [0.3, 0.4) is 0 Å². The van der Waals surface area contributed by atoms with Gasteiger partial charge in [-0.25, -0.2) is 9.07 Å². The lowest BCUT2D eigenvalue weighted by atomic mass is 9.87. The molecule has 1 saturated heterocycles. The maximum atomic E-state index is 13.9. The number of hydrogen-bond acceptors (Lipinski definition) is 5. The number of benzene rings is 2. The number of rotatable bonds is 4. The van der Waals surface area contributed by atoms with Crippen LogP contribution in [0.4, 0.5) is 10.2 Å². The first kappa shape index (κ1) is 26.7. The third-order valence-corrected chi connectivity index (χ3v) is 8.17. The number of ether oxygens (including phenoxy) is 1. The largest absolute Gasteiger partial charge is 0.378 e. The molecule has 200 valence electrons. The third-order valence-electron chi connectivity index (χ3n) is 6.68. The number of fused-ring (bicyclic) bond motifs is 1. The monoisotopic (exact) mass is 556 g/mol. The predicted molar refractivity (Wildman–Crippen MR) is 148 cm³/mol. The van der Waals surface area contributed by atoms with Crippen LogP contribution >= 0.6 is 23.4 Å². The first-order valence-electron chi connectivity index (χ1n) is 12.6. The Morgan fingerprint density at radius 2 is 1.87 bits per heavy atom. The second kappa shape index (κ2) is 10.7. The van der Waals surface area contributed by atoms with Crippen molar-refractivity contribution in [3.63, 3.8) is 0 Å². The minimum Gasteiger partial charge on any atom is -0.378 e. The van der Waals surface area contributed by atoms with Crippen LogP contribution in [0, 0.1) is 5.82 Å². The number of hydrogen-bond donors (Lipinski definition) is 0.